The number of phenolic OH excluding ortho intramolecular Hbond substituents is 1. The van der Waals surface area contributed by atoms with Crippen LogP contribution in [0.1, 0.15) is 6.92 Å². The lowest BCUT2D eigenvalue weighted by atomic mass is 10.3. The molecule has 0 aliphatic heterocycles. The molecule has 0 atom stereocenters. The molecule has 0 aliphatic carbocycles. The number of benzene rings is 1. The molecular formula is C8H11NO3S. The average molecular weight is 201 g/mol. The third-order valence-electron chi connectivity index (χ3n) is 1.71. The molecule has 0 aromatic heterocycles. The monoisotopic (exact) mass is 201 g/mol. The van der Waals surface area contributed by atoms with Crippen LogP contribution in [-0.2, 0) is 9.84 Å². The fourth-order valence-corrected chi connectivity index (χ4v) is 1.98. The van der Waals surface area contributed by atoms with Crippen molar-refractivity contribution in [2.75, 3.05) is 11.5 Å². The molecule has 5 heteroatoms. The molecule has 1 aromatic carbocycles. The fraction of sp³-hybridized carbons (Fsp3) is 0.250. The van der Waals surface area contributed by atoms with E-state index in [1.54, 1.807) is 6.92 Å². The van der Waals surface area contributed by atoms with Crippen LogP contribution in [0.2, 0.25) is 0 Å². The predicted octanol–water partition coefficient (Wildman–Crippen LogP) is 0.768. The Kier molecular flexibility index (Phi) is 2.47. The maximum Gasteiger partial charge on any atom is 0.180 e. The standard InChI is InChI=1S/C8H11NO3S/c1-2-13(11,12)8-4-3-6(10)5-7(8)9/h3-5,10H,2,9H2,1H3. The smallest absolute Gasteiger partial charge is 0.180 e. The van der Waals surface area contributed by atoms with Crippen LogP contribution in [0.25, 0.3) is 0 Å². The van der Waals surface area contributed by atoms with Gasteiger partial charge in [-0.3, -0.25) is 0 Å². The van der Waals surface area contributed by atoms with E-state index in [1.807, 2.05) is 0 Å². The Labute approximate surface area is 76.9 Å². The van der Waals surface area contributed by atoms with Gasteiger partial charge in [0.25, 0.3) is 0 Å². The van der Waals surface area contributed by atoms with Crippen LogP contribution in [0.3, 0.4) is 0 Å². The number of aromatic hydroxyl groups is 1. The van der Waals surface area contributed by atoms with Crippen molar-refractivity contribution < 1.29 is 13.5 Å². The summed E-state index contributed by atoms with van der Waals surface area (Å²) < 4.78 is 22.7. The fourth-order valence-electron chi connectivity index (χ4n) is 0.975. The summed E-state index contributed by atoms with van der Waals surface area (Å²) in [5, 5.41) is 9.00. The van der Waals surface area contributed by atoms with Gasteiger partial charge in [-0.05, 0) is 12.1 Å². The van der Waals surface area contributed by atoms with Gasteiger partial charge in [-0.15, -0.1) is 0 Å². The SMILES string of the molecule is CCS(=O)(=O)c1ccc(O)cc1N. The van der Waals surface area contributed by atoms with Crippen molar-refractivity contribution in [2.24, 2.45) is 0 Å². The molecule has 0 radical (unpaired) electrons. The van der Waals surface area contributed by atoms with Crippen LogP contribution in [0.4, 0.5) is 5.69 Å². The zero-order valence-electron chi connectivity index (χ0n) is 7.19. The van der Waals surface area contributed by atoms with Gasteiger partial charge < -0.3 is 10.8 Å². The van der Waals surface area contributed by atoms with Gasteiger partial charge >= 0.3 is 0 Å². The third-order valence-corrected chi connectivity index (χ3v) is 3.51. The summed E-state index contributed by atoms with van der Waals surface area (Å²) in [5.74, 6) is -0.0327. The molecule has 4 nitrogen and oxygen atoms in total. The Morgan fingerprint density at radius 3 is 2.54 bits per heavy atom. The summed E-state index contributed by atoms with van der Waals surface area (Å²) in [4.78, 5) is 0.0767. The molecule has 0 saturated heterocycles. The second-order valence-electron chi connectivity index (χ2n) is 2.63. The minimum Gasteiger partial charge on any atom is -0.508 e. The molecular weight excluding hydrogens is 190 g/mol. The summed E-state index contributed by atoms with van der Waals surface area (Å²) in [7, 11) is -3.28. The van der Waals surface area contributed by atoms with Gasteiger partial charge in [0.15, 0.2) is 9.84 Å². The topological polar surface area (TPSA) is 80.4 Å². The Hall–Kier alpha value is -1.23. The van der Waals surface area contributed by atoms with E-state index in [1.165, 1.54) is 18.2 Å². The predicted molar refractivity (Wildman–Crippen MR) is 50.2 cm³/mol. The molecule has 13 heavy (non-hydrogen) atoms. The molecule has 0 saturated carbocycles. The van der Waals surface area contributed by atoms with Crippen molar-refractivity contribution >= 4 is 15.5 Å². The molecule has 1 rings (SSSR count). The minimum absolute atomic E-state index is 0.00196. The van der Waals surface area contributed by atoms with Crippen LogP contribution in [0.15, 0.2) is 23.1 Å². The van der Waals surface area contributed by atoms with Gasteiger partial charge in [0.1, 0.15) is 5.75 Å². The van der Waals surface area contributed by atoms with Crippen LogP contribution in [0, 0.1) is 0 Å². The Morgan fingerprint density at radius 1 is 1.46 bits per heavy atom. The molecule has 0 fully saturated rings. The zero-order valence-corrected chi connectivity index (χ0v) is 8.00. The Bertz CT molecular complexity index is 411. The van der Waals surface area contributed by atoms with Crippen molar-refractivity contribution in [1.29, 1.82) is 0 Å². The Morgan fingerprint density at radius 2 is 2.08 bits per heavy atom. The molecule has 0 spiro atoms. The maximum atomic E-state index is 11.4. The van der Waals surface area contributed by atoms with Crippen molar-refractivity contribution in [3.63, 3.8) is 0 Å². The van der Waals surface area contributed by atoms with Gasteiger partial charge in [-0.25, -0.2) is 8.42 Å². The number of sulfone groups is 1. The normalized spacial score (nSPS) is 11.5. The lowest BCUT2D eigenvalue weighted by Crippen LogP contribution is -2.06. The van der Waals surface area contributed by atoms with Crippen molar-refractivity contribution in [1.82, 2.24) is 0 Å². The number of nitrogens with two attached hydrogens (primary N) is 1. The van der Waals surface area contributed by atoms with Gasteiger partial charge in [0.2, 0.25) is 0 Å². The van der Waals surface area contributed by atoms with E-state index in [0.29, 0.717) is 0 Å². The van der Waals surface area contributed by atoms with Gasteiger partial charge in [-0.1, -0.05) is 6.92 Å². The second-order valence-corrected chi connectivity index (χ2v) is 4.87. The van der Waals surface area contributed by atoms with E-state index < -0.39 is 9.84 Å². The molecule has 3 N–H and O–H groups in total. The van der Waals surface area contributed by atoms with E-state index in [0.717, 1.165) is 0 Å². The summed E-state index contributed by atoms with van der Waals surface area (Å²) >= 11 is 0. The summed E-state index contributed by atoms with van der Waals surface area (Å²) in [6.45, 7) is 1.54. The van der Waals surface area contributed by atoms with Crippen LogP contribution >= 0.6 is 0 Å². The van der Waals surface area contributed by atoms with E-state index >= 15 is 0 Å². The number of hydrogen-bond acceptors (Lipinski definition) is 4. The third kappa shape index (κ3) is 1.92. The highest BCUT2D eigenvalue weighted by atomic mass is 32.2. The van der Waals surface area contributed by atoms with Crippen molar-refractivity contribution in [2.45, 2.75) is 11.8 Å². The quantitative estimate of drug-likeness (QED) is 0.692. The summed E-state index contributed by atoms with van der Waals surface area (Å²) in [6, 6.07) is 3.84. The van der Waals surface area contributed by atoms with E-state index in [9.17, 15) is 8.42 Å². The second kappa shape index (κ2) is 3.26. The Balaban J connectivity index is 3.33. The average Bonchev–Trinajstić information content (AvgIpc) is 2.03. The van der Waals surface area contributed by atoms with Crippen LogP contribution in [-0.4, -0.2) is 19.3 Å². The van der Waals surface area contributed by atoms with Gasteiger partial charge in [-0.2, -0.15) is 0 Å². The van der Waals surface area contributed by atoms with Crippen molar-refractivity contribution in [3.8, 4) is 5.75 Å². The van der Waals surface area contributed by atoms with E-state index in [2.05, 4.69) is 0 Å². The highest BCUT2D eigenvalue weighted by Crippen LogP contribution is 2.23. The molecule has 72 valence electrons. The van der Waals surface area contributed by atoms with E-state index in [-0.39, 0.29) is 22.1 Å². The number of rotatable bonds is 2. The first-order valence-electron chi connectivity index (χ1n) is 3.78. The van der Waals surface area contributed by atoms with Crippen LogP contribution < -0.4 is 5.73 Å². The maximum absolute atomic E-state index is 11.4. The van der Waals surface area contributed by atoms with E-state index in [4.69, 9.17) is 10.8 Å². The molecule has 0 bridgehead atoms. The number of hydrogen-bond donors (Lipinski definition) is 2. The van der Waals surface area contributed by atoms with Gasteiger partial charge in [0, 0.05) is 6.07 Å². The highest BCUT2D eigenvalue weighted by molar-refractivity contribution is 7.91. The number of phenols is 1. The summed E-state index contributed by atoms with van der Waals surface area (Å²) in [5.41, 5.74) is 5.53. The molecule has 0 heterocycles. The first kappa shape index (κ1) is 9.85. The lowest BCUT2D eigenvalue weighted by Gasteiger charge is -2.04. The zero-order chi connectivity index (χ0) is 10.1. The number of nitrogen functional groups attached to an aromatic ring is 1. The minimum atomic E-state index is -3.28. The largest absolute Gasteiger partial charge is 0.508 e. The lowest BCUT2D eigenvalue weighted by molar-refractivity contribution is 0.475. The van der Waals surface area contributed by atoms with Crippen molar-refractivity contribution in [3.05, 3.63) is 18.2 Å². The first-order chi connectivity index (χ1) is 5.97. The highest BCUT2D eigenvalue weighted by Gasteiger charge is 2.14. The first-order valence-corrected chi connectivity index (χ1v) is 5.44. The number of anilines is 1. The molecule has 0 amide bonds. The van der Waals surface area contributed by atoms with Gasteiger partial charge in [0.05, 0.1) is 16.3 Å². The molecule has 0 unspecified atom stereocenters. The van der Waals surface area contributed by atoms with Crippen LogP contribution in [0.5, 0.6) is 5.75 Å². The summed E-state index contributed by atoms with van der Waals surface area (Å²) in [6.07, 6.45) is 0. The molecule has 1 aromatic rings. The molecule has 0 aliphatic rings.